The lowest BCUT2D eigenvalue weighted by Gasteiger charge is -2.12. The number of fused-ring (bicyclic) bond motifs is 1. The predicted molar refractivity (Wildman–Crippen MR) is 190 cm³/mol. The van der Waals surface area contributed by atoms with Crippen molar-refractivity contribution in [3.8, 4) is 73.7 Å². The Morgan fingerprint density at radius 1 is 0.396 bits per heavy atom. The Morgan fingerprint density at radius 2 is 0.875 bits per heavy atom. The van der Waals surface area contributed by atoms with Gasteiger partial charge in [0.25, 0.3) is 0 Å². The first-order valence-corrected chi connectivity index (χ1v) is 15.6. The van der Waals surface area contributed by atoms with E-state index in [4.69, 9.17) is 19.9 Å². The average Bonchev–Trinajstić information content (AvgIpc) is 3.18. The van der Waals surface area contributed by atoms with Gasteiger partial charge in [-0.25, -0.2) is 19.9 Å². The van der Waals surface area contributed by atoms with Crippen molar-refractivity contribution in [2.75, 3.05) is 0 Å². The van der Waals surface area contributed by atoms with E-state index in [2.05, 4.69) is 59.6 Å². The lowest BCUT2D eigenvalue weighted by Crippen LogP contribution is -1.97. The molecule has 0 atom stereocenters. The van der Waals surface area contributed by atoms with Crippen LogP contribution in [0, 0.1) is 11.3 Å². The van der Waals surface area contributed by atoms with Crippen molar-refractivity contribution in [2.45, 2.75) is 0 Å². The molecular formula is C42H26N6. The molecule has 8 aromatic rings. The minimum Gasteiger partial charge on any atom is -0.256 e. The molecule has 0 aliphatic heterocycles. The Morgan fingerprint density at radius 3 is 1.44 bits per heavy atom. The molecule has 0 N–H and O–H groups in total. The van der Waals surface area contributed by atoms with Crippen LogP contribution >= 0.6 is 0 Å². The molecule has 48 heavy (non-hydrogen) atoms. The molecule has 5 aromatic carbocycles. The summed E-state index contributed by atoms with van der Waals surface area (Å²) in [5.41, 5.74) is 12.1. The smallest absolute Gasteiger partial charge is 0.160 e. The lowest BCUT2D eigenvalue weighted by atomic mass is 10.00. The van der Waals surface area contributed by atoms with Gasteiger partial charge in [-0.3, -0.25) is 4.98 Å². The van der Waals surface area contributed by atoms with Crippen molar-refractivity contribution in [2.24, 2.45) is 0 Å². The number of hydrogen-bond acceptors (Lipinski definition) is 6. The molecule has 6 heteroatoms. The van der Waals surface area contributed by atoms with Crippen LogP contribution in [0.1, 0.15) is 5.56 Å². The van der Waals surface area contributed by atoms with Gasteiger partial charge in [0.05, 0.1) is 51.1 Å². The molecular weight excluding hydrogens is 589 g/mol. The van der Waals surface area contributed by atoms with Gasteiger partial charge in [0.15, 0.2) is 5.82 Å². The van der Waals surface area contributed by atoms with Crippen LogP contribution in [0.25, 0.3) is 78.7 Å². The summed E-state index contributed by atoms with van der Waals surface area (Å²) in [6, 6.07) is 52.1. The number of para-hydroxylation sites is 2. The molecule has 0 aliphatic carbocycles. The summed E-state index contributed by atoms with van der Waals surface area (Å²) in [4.78, 5) is 24.6. The molecule has 0 unspecified atom stereocenters. The summed E-state index contributed by atoms with van der Waals surface area (Å²) in [5, 5.41) is 9.32. The second-order valence-corrected chi connectivity index (χ2v) is 11.3. The van der Waals surface area contributed by atoms with Gasteiger partial charge in [-0.15, -0.1) is 0 Å². The normalized spacial score (nSPS) is 10.9. The van der Waals surface area contributed by atoms with Crippen molar-refractivity contribution in [1.82, 2.24) is 24.9 Å². The van der Waals surface area contributed by atoms with Crippen LogP contribution in [0.3, 0.4) is 0 Å². The van der Waals surface area contributed by atoms with E-state index in [0.29, 0.717) is 11.4 Å². The standard InChI is InChI=1S/C42H26N6/c43-27-28-13-15-32(16-14-28)40-41(46-37-12-5-4-11-36(37)45-40)33-21-17-31(18-22-33)39-26-38(29-8-2-1-3-9-29)47-42(48-39)34-23-19-30(20-24-34)35-10-6-7-25-44-35/h1-26H. The minimum atomic E-state index is 0.599. The summed E-state index contributed by atoms with van der Waals surface area (Å²) in [6.45, 7) is 0. The summed E-state index contributed by atoms with van der Waals surface area (Å²) >= 11 is 0. The number of benzene rings is 5. The third-order valence-corrected chi connectivity index (χ3v) is 8.21. The van der Waals surface area contributed by atoms with Crippen molar-refractivity contribution >= 4 is 11.0 Å². The van der Waals surface area contributed by atoms with Gasteiger partial charge < -0.3 is 0 Å². The largest absolute Gasteiger partial charge is 0.256 e. The highest BCUT2D eigenvalue weighted by Crippen LogP contribution is 2.34. The molecule has 224 valence electrons. The first kappa shape index (κ1) is 28.6. The second kappa shape index (κ2) is 12.5. The highest BCUT2D eigenvalue weighted by Gasteiger charge is 2.15. The predicted octanol–water partition coefficient (Wildman–Crippen LogP) is 9.69. The Balaban J connectivity index is 1.20. The van der Waals surface area contributed by atoms with E-state index in [-0.39, 0.29) is 0 Å². The molecule has 0 saturated carbocycles. The van der Waals surface area contributed by atoms with Crippen LogP contribution in [0.15, 0.2) is 158 Å². The Kier molecular flexibility index (Phi) is 7.46. The second-order valence-electron chi connectivity index (χ2n) is 11.3. The van der Waals surface area contributed by atoms with E-state index < -0.39 is 0 Å². The van der Waals surface area contributed by atoms with Crippen LogP contribution < -0.4 is 0 Å². The molecule has 0 amide bonds. The van der Waals surface area contributed by atoms with Gasteiger partial charge in [-0.05, 0) is 42.5 Å². The molecule has 0 aliphatic rings. The highest BCUT2D eigenvalue weighted by molar-refractivity contribution is 5.87. The monoisotopic (exact) mass is 614 g/mol. The number of hydrogen-bond donors (Lipinski definition) is 0. The van der Waals surface area contributed by atoms with Gasteiger partial charge in [0.2, 0.25) is 0 Å². The van der Waals surface area contributed by atoms with E-state index in [1.54, 1.807) is 6.20 Å². The van der Waals surface area contributed by atoms with Crippen molar-refractivity contribution < 1.29 is 0 Å². The Bertz CT molecular complexity index is 2420. The first-order chi connectivity index (χ1) is 23.7. The fraction of sp³-hybridized carbons (Fsp3) is 0. The van der Waals surface area contributed by atoms with Gasteiger partial charge in [-0.2, -0.15) is 5.26 Å². The third kappa shape index (κ3) is 5.68. The molecule has 0 fully saturated rings. The molecule has 0 saturated heterocycles. The number of rotatable bonds is 6. The van der Waals surface area contributed by atoms with E-state index in [9.17, 15) is 5.26 Å². The highest BCUT2D eigenvalue weighted by atomic mass is 14.9. The minimum absolute atomic E-state index is 0.599. The zero-order valence-corrected chi connectivity index (χ0v) is 25.7. The fourth-order valence-electron chi connectivity index (χ4n) is 5.71. The van der Waals surface area contributed by atoms with Crippen LogP contribution in [0.2, 0.25) is 0 Å². The number of nitrogens with zero attached hydrogens (tertiary/aromatic N) is 6. The van der Waals surface area contributed by atoms with E-state index in [1.165, 1.54) is 0 Å². The maximum absolute atomic E-state index is 9.32. The van der Waals surface area contributed by atoms with Crippen LogP contribution in [-0.4, -0.2) is 24.9 Å². The Hall–Kier alpha value is -6.84. The molecule has 0 radical (unpaired) electrons. The quantitative estimate of drug-likeness (QED) is 0.185. The van der Waals surface area contributed by atoms with Gasteiger partial charge in [0.1, 0.15) is 0 Å². The summed E-state index contributed by atoms with van der Waals surface area (Å²) in [5.74, 6) is 0.645. The number of nitriles is 1. The van der Waals surface area contributed by atoms with Crippen LogP contribution in [0.4, 0.5) is 0 Å². The van der Waals surface area contributed by atoms with Gasteiger partial charge in [0, 0.05) is 39.6 Å². The topological polar surface area (TPSA) is 88.2 Å². The zero-order valence-electron chi connectivity index (χ0n) is 25.7. The summed E-state index contributed by atoms with van der Waals surface area (Å²) in [6.07, 6.45) is 1.80. The summed E-state index contributed by atoms with van der Waals surface area (Å²) < 4.78 is 0. The van der Waals surface area contributed by atoms with E-state index in [1.807, 2.05) is 103 Å². The van der Waals surface area contributed by atoms with Crippen molar-refractivity contribution in [1.29, 1.82) is 5.26 Å². The lowest BCUT2D eigenvalue weighted by molar-refractivity contribution is 1.18. The van der Waals surface area contributed by atoms with Crippen LogP contribution in [0.5, 0.6) is 0 Å². The molecule has 6 nitrogen and oxygen atoms in total. The SMILES string of the molecule is N#Cc1ccc(-c2nc3ccccc3nc2-c2ccc(-c3cc(-c4ccccc4)nc(-c4ccc(-c5ccccn5)cc4)n3)cc2)cc1. The van der Waals surface area contributed by atoms with Gasteiger partial charge in [-0.1, -0.05) is 109 Å². The van der Waals surface area contributed by atoms with Gasteiger partial charge >= 0.3 is 0 Å². The van der Waals surface area contributed by atoms with Crippen molar-refractivity contribution in [3.05, 3.63) is 163 Å². The third-order valence-electron chi connectivity index (χ3n) is 8.21. The maximum atomic E-state index is 9.32. The van der Waals surface area contributed by atoms with Crippen molar-refractivity contribution in [3.63, 3.8) is 0 Å². The van der Waals surface area contributed by atoms with Crippen LogP contribution in [-0.2, 0) is 0 Å². The molecule has 0 bridgehead atoms. The molecule has 8 rings (SSSR count). The Labute approximate surface area is 277 Å². The maximum Gasteiger partial charge on any atom is 0.160 e. The number of pyridine rings is 1. The summed E-state index contributed by atoms with van der Waals surface area (Å²) in [7, 11) is 0. The zero-order chi connectivity index (χ0) is 32.3. The first-order valence-electron chi connectivity index (χ1n) is 15.6. The molecule has 3 aromatic heterocycles. The number of aromatic nitrogens is 5. The average molecular weight is 615 g/mol. The van der Waals surface area contributed by atoms with E-state index >= 15 is 0 Å². The van der Waals surface area contributed by atoms with E-state index in [0.717, 1.165) is 72.9 Å². The molecule has 3 heterocycles. The molecule has 0 spiro atoms. The fourth-order valence-corrected chi connectivity index (χ4v) is 5.71.